The van der Waals surface area contributed by atoms with Crippen molar-refractivity contribution >= 4 is 8.07 Å². The zero-order chi connectivity index (χ0) is 7.45. The Labute approximate surface area is 65.3 Å². The van der Waals surface area contributed by atoms with Gasteiger partial charge in [-0.2, -0.15) is 0 Å². The normalized spacial score (nSPS) is 24.1. The van der Waals surface area contributed by atoms with Crippen molar-refractivity contribution in [3.8, 4) is 0 Å². The lowest BCUT2D eigenvalue weighted by Gasteiger charge is -2.30. The third kappa shape index (κ3) is 1.51. The highest BCUT2D eigenvalue weighted by Crippen LogP contribution is 2.31. The summed E-state index contributed by atoms with van der Waals surface area (Å²) in [6.45, 7) is 6.34. The van der Waals surface area contributed by atoms with Gasteiger partial charge in [0.1, 0.15) is 0 Å². The maximum atomic E-state index is 3.99. The Morgan fingerprint density at radius 3 is 2.20 bits per heavy atom. The molecule has 0 saturated carbocycles. The van der Waals surface area contributed by atoms with Gasteiger partial charge in [-0.3, -0.25) is 0 Å². The molecule has 1 heteroatoms. The first-order valence-electron chi connectivity index (χ1n) is 4.46. The molecule has 0 atom stereocenters. The number of hydrogen-bond acceptors (Lipinski definition) is 0. The van der Waals surface area contributed by atoms with E-state index in [4.69, 9.17) is 0 Å². The van der Waals surface area contributed by atoms with Crippen LogP contribution in [0, 0.1) is 0 Å². The lowest BCUT2D eigenvalue weighted by Crippen LogP contribution is -2.32. The van der Waals surface area contributed by atoms with Crippen LogP contribution in [0.1, 0.15) is 26.2 Å². The van der Waals surface area contributed by atoms with E-state index < -0.39 is 8.07 Å². The zero-order valence-corrected chi connectivity index (χ0v) is 8.03. The Balaban J connectivity index is 2.52. The molecule has 10 heavy (non-hydrogen) atoms. The molecular weight excluding hydrogens is 136 g/mol. The second kappa shape index (κ2) is 3.38. The van der Waals surface area contributed by atoms with Crippen molar-refractivity contribution in [3.05, 3.63) is 12.3 Å². The summed E-state index contributed by atoms with van der Waals surface area (Å²) in [5, 5.41) is 0. The van der Waals surface area contributed by atoms with E-state index in [-0.39, 0.29) is 0 Å². The predicted molar refractivity (Wildman–Crippen MR) is 49.9 cm³/mol. The monoisotopic (exact) mass is 154 g/mol. The van der Waals surface area contributed by atoms with Gasteiger partial charge in [0.2, 0.25) is 0 Å². The van der Waals surface area contributed by atoms with Crippen molar-refractivity contribution in [2.45, 2.75) is 44.3 Å². The Bertz CT molecular complexity index is 112. The first-order valence-corrected chi connectivity index (χ1v) is 7.16. The van der Waals surface area contributed by atoms with E-state index in [0.29, 0.717) is 0 Å². The molecule has 1 aliphatic heterocycles. The first-order chi connectivity index (χ1) is 4.83. The maximum Gasteiger partial charge on any atom is 0.0767 e. The third-order valence-corrected chi connectivity index (χ3v) is 7.96. The summed E-state index contributed by atoms with van der Waals surface area (Å²) in [6.07, 6.45) is 4.43. The smallest absolute Gasteiger partial charge is 0.0767 e. The van der Waals surface area contributed by atoms with Crippen LogP contribution in [0.5, 0.6) is 0 Å². The number of rotatable bonds is 2. The molecular formula is C9H18Si. The van der Waals surface area contributed by atoms with E-state index in [2.05, 4.69) is 19.2 Å². The molecule has 0 aliphatic carbocycles. The van der Waals surface area contributed by atoms with Crippen LogP contribution in [-0.4, -0.2) is 8.07 Å². The average Bonchev–Trinajstić information content (AvgIpc) is 2.06. The van der Waals surface area contributed by atoms with Crippen LogP contribution in [0.15, 0.2) is 12.3 Å². The van der Waals surface area contributed by atoms with E-state index in [9.17, 15) is 0 Å². The molecule has 1 heterocycles. The highest BCUT2D eigenvalue weighted by molar-refractivity contribution is 6.84. The van der Waals surface area contributed by atoms with Gasteiger partial charge in [0.05, 0.1) is 8.07 Å². The lowest BCUT2D eigenvalue weighted by molar-refractivity contribution is 0.711. The van der Waals surface area contributed by atoms with Crippen molar-refractivity contribution < 1.29 is 0 Å². The molecule has 1 rings (SSSR count). The van der Waals surface area contributed by atoms with Gasteiger partial charge in [0.15, 0.2) is 0 Å². The van der Waals surface area contributed by atoms with Crippen LogP contribution < -0.4 is 0 Å². The van der Waals surface area contributed by atoms with Gasteiger partial charge in [-0.05, 0) is 0 Å². The quantitative estimate of drug-likeness (QED) is 0.535. The SMILES string of the molecule is C=C[Si]1(CC)CCCCC1. The lowest BCUT2D eigenvalue weighted by atomic mass is 10.3. The molecule has 0 spiro atoms. The molecule has 1 fully saturated rings. The molecule has 0 unspecified atom stereocenters. The van der Waals surface area contributed by atoms with Crippen LogP contribution in [0.25, 0.3) is 0 Å². The van der Waals surface area contributed by atoms with Gasteiger partial charge in [0, 0.05) is 0 Å². The van der Waals surface area contributed by atoms with E-state index in [0.717, 1.165) is 0 Å². The summed E-state index contributed by atoms with van der Waals surface area (Å²) in [5.41, 5.74) is 2.33. The Hall–Kier alpha value is -0.0431. The summed E-state index contributed by atoms with van der Waals surface area (Å²) in [6, 6.07) is 4.47. The summed E-state index contributed by atoms with van der Waals surface area (Å²) in [4.78, 5) is 0. The molecule has 0 nitrogen and oxygen atoms in total. The molecule has 0 bridgehead atoms. The minimum Gasteiger partial charge on any atom is -0.107 e. The fourth-order valence-electron chi connectivity index (χ4n) is 1.96. The van der Waals surface area contributed by atoms with E-state index in [1.807, 2.05) is 0 Å². The molecule has 0 aromatic rings. The van der Waals surface area contributed by atoms with Crippen molar-refractivity contribution in [2.24, 2.45) is 0 Å². The van der Waals surface area contributed by atoms with E-state index in [1.54, 1.807) is 0 Å². The Morgan fingerprint density at radius 1 is 1.30 bits per heavy atom. The molecule has 0 aromatic heterocycles. The van der Waals surface area contributed by atoms with Gasteiger partial charge in [-0.25, -0.2) is 0 Å². The van der Waals surface area contributed by atoms with Crippen molar-refractivity contribution in [1.29, 1.82) is 0 Å². The standard InChI is InChI=1S/C9H18Si/c1-3-10(4-2)8-6-5-7-9-10/h3H,1,4-9H2,2H3. The summed E-state index contributed by atoms with van der Waals surface area (Å²) in [7, 11) is -0.867. The fourth-order valence-corrected chi connectivity index (χ4v) is 5.52. The molecule has 1 aliphatic rings. The molecule has 0 aromatic carbocycles. The average molecular weight is 154 g/mol. The van der Waals surface area contributed by atoms with Crippen molar-refractivity contribution in [3.63, 3.8) is 0 Å². The van der Waals surface area contributed by atoms with Crippen LogP contribution in [0.3, 0.4) is 0 Å². The summed E-state index contributed by atoms with van der Waals surface area (Å²) >= 11 is 0. The van der Waals surface area contributed by atoms with Crippen LogP contribution >= 0.6 is 0 Å². The van der Waals surface area contributed by atoms with Crippen LogP contribution in [0.4, 0.5) is 0 Å². The van der Waals surface area contributed by atoms with E-state index in [1.165, 1.54) is 37.4 Å². The van der Waals surface area contributed by atoms with Crippen LogP contribution in [0.2, 0.25) is 18.1 Å². The number of hydrogen-bond donors (Lipinski definition) is 0. The molecule has 1 saturated heterocycles. The second-order valence-corrected chi connectivity index (χ2v) is 8.32. The van der Waals surface area contributed by atoms with Crippen molar-refractivity contribution in [2.75, 3.05) is 0 Å². The maximum absolute atomic E-state index is 3.99. The van der Waals surface area contributed by atoms with Gasteiger partial charge >= 0.3 is 0 Å². The summed E-state index contributed by atoms with van der Waals surface area (Å²) in [5.74, 6) is 0. The van der Waals surface area contributed by atoms with Gasteiger partial charge in [0.25, 0.3) is 0 Å². The minimum absolute atomic E-state index is 0.867. The highest BCUT2D eigenvalue weighted by atomic mass is 28.3. The summed E-state index contributed by atoms with van der Waals surface area (Å²) < 4.78 is 0. The molecule has 58 valence electrons. The van der Waals surface area contributed by atoms with Crippen LogP contribution in [-0.2, 0) is 0 Å². The minimum atomic E-state index is -0.867. The van der Waals surface area contributed by atoms with Gasteiger partial charge in [-0.15, -0.1) is 12.3 Å². The van der Waals surface area contributed by atoms with Gasteiger partial charge in [-0.1, -0.05) is 44.3 Å². The Morgan fingerprint density at radius 2 is 1.90 bits per heavy atom. The zero-order valence-electron chi connectivity index (χ0n) is 7.03. The molecule has 0 N–H and O–H groups in total. The van der Waals surface area contributed by atoms with E-state index >= 15 is 0 Å². The predicted octanol–water partition coefficient (Wildman–Crippen LogP) is 3.36. The fraction of sp³-hybridized carbons (Fsp3) is 0.778. The molecule has 0 radical (unpaired) electrons. The van der Waals surface area contributed by atoms with Gasteiger partial charge < -0.3 is 0 Å². The second-order valence-electron chi connectivity index (χ2n) is 3.48. The largest absolute Gasteiger partial charge is 0.107 e. The first kappa shape index (κ1) is 8.06. The highest BCUT2D eigenvalue weighted by Gasteiger charge is 2.28. The topological polar surface area (TPSA) is 0 Å². The molecule has 0 amide bonds. The third-order valence-electron chi connectivity index (χ3n) is 2.99. The Kier molecular flexibility index (Phi) is 2.72. The van der Waals surface area contributed by atoms with Crippen molar-refractivity contribution in [1.82, 2.24) is 0 Å².